The standard InChI is InChI=1S/C12H11F2N3O2/c1-7(11-8(13)3-2-4-9(11)14)5-17-6-10(12(18)19)15-16-17/h2-4,6-7H,5H2,1H3,(H,18,19). The molecule has 2 rings (SSSR count). The van der Waals surface area contributed by atoms with Gasteiger partial charge in [-0.3, -0.25) is 4.68 Å². The lowest BCUT2D eigenvalue weighted by Gasteiger charge is -2.13. The van der Waals surface area contributed by atoms with E-state index in [0.29, 0.717) is 0 Å². The molecule has 1 aromatic carbocycles. The zero-order valence-corrected chi connectivity index (χ0v) is 10.0. The van der Waals surface area contributed by atoms with Crippen molar-refractivity contribution in [3.63, 3.8) is 0 Å². The first-order valence-electron chi connectivity index (χ1n) is 5.56. The Labute approximate surface area is 107 Å². The molecule has 100 valence electrons. The summed E-state index contributed by atoms with van der Waals surface area (Å²) in [5, 5.41) is 15.7. The molecule has 0 saturated heterocycles. The van der Waals surface area contributed by atoms with E-state index >= 15 is 0 Å². The van der Waals surface area contributed by atoms with Crippen molar-refractivity contribution >= 4 is 5.97 Å². The van der Waals surface area contributed by atoms with Gasteiger partial charge in [0.15, 0.2) is 5.69 Å². The van der Waals surface area contributed by atoms with Crippen molar-refractivity contribution in [2.45, 2.75) is 19.4 Å². The fourth-order valence-corrected chi connectivity index (χ4v) is 1.84. The molecule has 2 aromatic rings. The molecule has 0 aliphatic heterocycles. The molecular formula is C12H11F2N3O2. The van der Waals surface area contributed by atoms with Gasteiger partial charge in [-0.2, -0.15) is 0 Å². The number of hydrogen-bond acceptors (Lipinski definition) is 3. The normalized spacial score (nSPS) is 12.4. The Balaban J connectivity index is 2.20. The third-order valence-electron chi connectivity index (χ3n) is 2.71. The Morgan fingerprint density at radius 3 is 2.58 bits per heavy atom. The second kappa shape index (κ2) is 5.13. The fraction of sp³-hybridized carbons (Fsp3) is 0.250. The first kappa shape index (κ1) is 13.1. The summed E-state index contributed by atoms with van der Waals surface area (Å²) in [4.78, 5) is 10.6. The van der Waals surface area contributed by atoms with Gasteiger partial charge >= 0.3 is 5.97 Å². The van der Waals surface area contributed by atoms with Gasteiger partial charge < -0.3 is 5.11 Å². The van der Waals surface area contributed by atoms with Crippen LogP contribution in [0.4, 0.5) is 8.78 Å². The highest BCUT2D eigenvalue weighted by Gasteiger charge is 2.17. The van der Waals surface area contributed by atoms with Crippen LogP contribution in [0.25, 0.3) is 0 Å². The van der Waals surface area contributed by atoms with Crippen LogP contribution in [0.1, 0.15) is 28.9 Å². The van der Waals surface area contributed by atoms with Gasteiger partial charge in [0.25, 0.3) is 0 Å². The number of aromatic carboxylic acids is 1. The van der Waals surface area contributed by atoms with Gasteiger partial charge in [-0.1, -0.05) is 18.2 Å². The first-order chi connectivity index (χ1) is 8.99. The average molecular weight is 267 g/mol. The summed E-state index contributed by atoms with van der Waals surface area (Å²) in [5.41, 5.74) is -0.254. The molecule has 1 atom stereocenters. The number of nitrogens with zero attached hydrogens (tertiary/aromatic N) is 3. The first-order valence-corrected chi connectivity index (χ1v) is 5.56. The van der Waals surface area contributed by atoms with Crippen LogP contribution in [0, 0.1) is 11.6 Å². The van der Waals surface area contributed by atoms with Crippen molar-refractivity contribution in [3.8, 4) is 0 Å². The van der Waals surface area contributed by atoms with E-state index in [1.165, 1.54) is 29.1 Å². The minimum Gasteiger partial charge on any atom is -0.476 e. The van der Waals surface area contributed by atoms with Gasteiger partial charge in [0.05, 0.1) is 6.20 Å². The minimum atomic E-state index is -1.20. The zero-order valence-electron chi connectivity index (χ0n) is 10.0. The number of benzene rings is 1. The largest absolute Gasteiger partial charge is 0.476 e. The van der Waals surface area contributed by atoms with Crippen LogP contribution in [0.3, 0.4) is 0 Å². The van der Waals surface area contributed by atoms with Crippen molar-refractivity contribution in [1.29, 1.82) is 0 Å². The molecule has 0 saturated carbocycles. The van der Waals surface area contributed by atoms with Crippen molar-refractivity contribution < 1.29 is 18.7 Å². The maximum Gasteiger partial charge on any atom is 0.358 e. The lowest BCUT2D eigenvalue weighted by molar-refractivity contribution is 0.0690. The van der Waals surface area contributed by atoms with Gasteiger partial charge in [-0.25, -0.2) is 13.6 Å². The van der Waals surface area contributed by atoms with Crippen molar-refractivity contribution in [1.82, 2.24) is 15.0 Å². The highest BCUT2D eigenvalue weighted by atomic mass is 19.1. The average Bonchev–Trinajstić information content (AvgIpc) is 2.77. The maximum atomic E-state index is 13.6. The van der Waals surface area contributed by atoms with E-state index in [4.69, 9.17) is 5.11 Å². The molecule has 0 bridgehead atoms. The number of carbonyl (C=O) groups is 1. The van der Waals surface area contributed by atoms with E-state index in [0.717, 1.165) is 0 Å². The molecule has 5 nitrogen and oxygen atoms in total. The Bertz CT molecular complexity index is 593. The minimum absolute atomic E-state index is 0.0464. The van der Waals surface area contributed by atoms with Crippen LogP contribution in [-0.2, 0) is 6.54 Å². The summed E-state index contributed by atoms with van der Waals surface area (Å²) < 4.78 is 28.4. The van der Waals surface area contributed by atoms with Crippen LogP contribution in [0.2, 0.25) is 0 Å². The Kier molecular flexibility index (Phi) is 3.55. The smallest absolute Gasteiger partial charge is 0.358 e. The summed E-state index contributed by atoms with van der Waals surface area (Å²) in [6.07, 6.45) is 1.22. The van der Waals surface area contributed by atoms with E-state index in [1.54, 1.807) is 6.92 Å². The third kappa shape index (κ3) is 2.75. The van der Waals surface area contributed by atoms with Crippen molar-refractivity contribution in [2.75, 3.05) is 0 Å². The quantitative estimate of drug-likeness (QED) is 0.920. The van der Waals surface area contributed by atoms with E-state index in [9.17, 15) is 13.6 Å². The van der Waals surface area contributed by atoms with Crippen LogP contribution < -0.4 is 0 Å². The molecule has 1 N–H and O–H groups in total. The molecule has 1 aromatic heterocycles. The summed E-state index contributed by atoms with van der Waals surface area (Å²) in [6, 6.07) is 3.65. The van der Waals surface area contributed by atoms with Crippen molar-refractivity contribution in [3.05, 3.63) is 47.3 Å². The predicted molar refractivity (Wildman–Crippen MR) is 61.8 cm³/mol. The molecule has 0 radical (unpaired) electrons. The lowest BCUT2D eigenvalue weighted by Crippen LogP contribution is -2.10. The lowest BCUT2D eigenvalue weighted by atomic mass is 10.00. The van der Waals surface area contributed by atoms with Gasteiger partial charge in [-0.15, -0.1) is 5.10 Å². The highest BCUT2D eigenvalue weighted by molar-refractivity contribution is 5.84. The van der Waals surface area contributed by atoms with E-state index in [1.807, 2.05) is 0 Å². The number of aromatic nitrogens is 3. The van der Waals surface area contributed by atoms with Gasteiger partial charge in [0.1, 0.15) is 11.6 Å². The molecule has 7 heteroatoms. The van der Waals surface area contributed by atoms with E-state index < -0.39 is 23.5 Å². The highest BCUT2D eigenvalue weighted by Crippen LogP contribution is 2.23. The number of hydrogen-bond donors (Lipinski definition) is 1. The SMILES string of the molecule is CC(Cn1cc(C(=O)O)nn1)c1c(F)cccc1F. The molecule has 0 aliphatic rings. The summed E-state index contributed by atoms with van der Waals surface area (Å²) >= 11 is 0. The second-order valence-corrected chi connectivity index (χ2v) is 4.17. The number of rotatable bonds is 4. The van der Waals surface area contributed by atoms with E-state index in [2.05, 4.69) is 10.3 Å². The van der Waals surface area contributed by atoms with Crippen LogP contribution >= 0.6 is 0 Å². The fourth-order valence-electron chi connectivity index (χ4n) is 1.84. The van der Waals surface area contributed by atoms with Gasteiger partial charge in [0.2, 0.25) is 0 Å². The van der Waals surface area contributed by atoms with Crippen LogP contribution in [0.15, 0.2) is 24.4 Å². The van der Waals surface area contributed by atoms with Gasteiger partial charge in [-0.05, 0) is 12.1 Å². The number of carboxylic acid groups (broad SMARTS) is 1. The molecular weight excluding hydrogens is 256 g/mol. The number of carboxylic acids is 1. The summed E-state index contributed by atoms with van der Waals surface area (Å²) in [6.45, 7) is 1.77. The molecule has 1 heterocycles. The molecule has 0 spiro atoms. The molecule has 1 unspecified atom stereocenters. The topological polar surface area (TPSA) is 68.0 Å². The predicted octanol–water partition coefficient (Wildman–Crippen LogP) is 2.06. The zero-order chi connectivity index (χ0) is 14.0. The number of halogens is 2. The summed E-state index contributed by atoms with van der Waals surface area (Å²) in [7, 11) is 0. The Hall–Kier alpha value is -2.31. The summed E-state index contributed by atoms with van der Waals surface area (Å²) in [5.74, 6) is -2.96. The molecule has 19 heavy (non-hydrogen) atoms. The second-order valence-electron chi connectivity index (χ2n) is 4.17. The van der Waals surface area contributed by atoms with Crippen molar-refractivity contribution in [2.24, 2.45) is 0 Å². The third-order valence-corrected chi connectivity index (χ3v) is 2.71. The van der Waals surface area contributed by atoms with Crippen LogP contribution in [-0.4, -0.2) is 26.1 Å². The maximum absolute atomic E-state index is 13.6. The monoisotopic (exact) mass is 267 g/mol. The Morgan fingerprint density at radius 2 is 2.05 bits per heavy atom. The van der Waals surface area contributed by atoms with Gasteiger partial charge in [0, 0.05) is 18.0 Å². The van der Waals surface area contributed by atoms with Crippen LogP contribution in [0.5, 0.6) is 0 Å². The van der Waals surface area contributed by atoms with E-state index in [-0.39, 0.29) is 17.8 Å². The molecule has 0 fully saturated rings. The Morgan fingerprint density at radius 1 is 1.42 bits per heavy atom. The molecule has 0 amide bonds. The molecule has 0 aliphatic carbocycles.